The molecule has 0 radical (unpaired) electrons. The predicted octanol–water partition coefficient (Wildman–Crippen LogP) is 3.55. The maximum atomic E-state index is 12.6. The molecule has 0 saturated carbocycles. The summed E-state index contributed by atoms with van der Waals surface area (Å²) in [5, 5.41) is 0. The van der Waals surface area contributed by atoms with E-state index < -0.39 is 0 Å². The number of carbonyl (C=O) groups excluding carboxylic acids is 2. The van der Waals surface area contributed by atoms with E-state index in [9.17, 15) is 9.59 Å². The van der Waals surface area contributed by atoms with E-state index in [2.05, 4.69) is 32.8 Å². The number of nitrogens with two attached hydrogens (primary N) is 1. The zero-order valence-corrected chi connectivity index (χ0v) is 18.8. The summed E-state index contributed by atoms with van der Waals surface area (Å²) in [6.45, 7) is 9.70. The van der Waals surface area contributed by atoms with Crippen molar-refractivity contribution in [1.82, 2.24) is 9.80 Å². The van der Waals surface area contributed by atoms with Gasteiger partial charge in [-0.15, -0.1) is 0 Å². The van der Waals surface area contributed by atoms with Crippen LogP contribution in [-0.4, -0.2) is 61.1 Å². The molecule has 1 fully saturated rings. The minimum absolute atomic E-state index is 0.0285. The van der Waals surface area contributed by atoms with E-state index in [0.29, 0.717) is 16.8 Å². The minimum atomic E-state index is -0.0651. The monoisotopic (exact) mass is 447 g/mol. The van der Waals surface area contributed by atoms with Crippen LogP contribution in [0.3, 0.4) is 0 Å². The number of Topliss-reactive ketones (excluding diaryl/α,β-unsaturated/α-hetero) is 2. The number of benzene rings is 1. The van der Waals surface area contributed by atoms with E-state index in [0.717, 1.165) is 48.3 Å². The number of hydrogen-bond donors (Lipinski definition) is 1. The molecule has 152 valence electrons. The third-order valence-electron chi connectivity index (χ3n) is 5.39. The second-order valence-electron chi connectivity index (χ2n) is 7.47. The number of halogens is 1. The molecule has 6 heteroatoms. The predicted molar refractivity (Wildman–Crippen MR) is 119 cm³/mol. The molecule has 0 spiro atoms. The van der Waals surface area contributed by atoms with Crippen LogP contribution in [0.4, 0.5) is 5.69 Å². The quantitative estimate of drug-likeness (QED) is 0.511. The van der Waals surface area contributed by atoms with E-state index >= 15 is 0 Å². The zero-order valence-electron chi connectivity index (χ0n) is 17.2. The number of nitrogen functional groups attached to an aromatic ring is 1. The van der Waals surface area contributed by atoms with Crippen molar-refractivity contribution in [1.29, 1.82) is 0 Å². The molecule has 2 N–H and O–H groups in total. The molecule has 2 rings (SSSR count). The largest absolute Gasteiger partial charge is 0.398 e. The molecular formula is C22H30BrN3O2. The van der Waals surface area contributed by atoms with Gasteiger partial charge in [0, 0.05) is 54.9 Å². The highest BCUT2D eigenvalue weighted by molar-refractivity contribution is 9.10. The van der Waals surface area contributed by atoms with Crippen molar-refractivity contribution in [2.45, 2.75) is 27.2 Å². The van der Waals surface area contributed by atoms with E-state index in [-0.39, 0.29) is 18.0 Å². The Morgan fingerprint density at radius 1 is 1.11 bits per heavy atom. The highest BCUT2D eigenvalue weighted by Gasteiger charge is 2.18. The second-order valence-corrected chi connectivity index (χ2v) is 8.39. The van der Waals surface area contributed by atoms with Gasteiger partial charge in [-0.1, -0.05) is 28.1 Å². The first-order valence-corrected chi connectivity index (χ1v) is 10.3. The average Bonchev–Trinajstić information content (AvgIpc) is 2.65. The van der Waals surface area contributed by atoms with E-state index in [4.69, 9.17) is 5.73 Å². The first kappa shape index (κ1) is 22.5. The summed E-state index contributed by atoms with van der Waals surface area (Å²) >= 11 is 3.45. The normalized spacial score (nSPS) is 17.4. The Balaban J connectivity index is 2.27. The lowest BCUT2D eigenvalue weighted by Gasteiger charge is -2.33. The Morgan fingerprint density at radius 2 is 1.75 bits per heavy atom. The maximum absolute atomic E-state index is 12.6. The van der Waals surface area contributed by atoms with Crippen LogP contribution >= 0.6 is 15.9 Å². The first-order valence-electron chi connectivity index (χ1n) is 9.56. The van der Waals surface area contributed by atoms with Gasteiger partial charge in [0.25, 0.3) is 0 Å². The summed E-state index contributed by atoms with van der Waals surface area (Å²) < 4.78 is 0.930. The molecule has 1 saturated heterocycles. The van der Waals surface area contributed by atoms with Crippen LogP contribution in [0.5, 0.6) is 0 Å². The molecule has 0 atom stereocenters. The molecule has 28 heavy (non-hydrogen) atoms. The van der Waals surface area contributed by atoms with Gasteiger partial charge in [0.2, 0.25) is 0 Å². The van der Waals surface area contributed by atoms with Crippen LogP contribution < -0.4 is 5.73 Å². The number of rotatable bonds is 7. The van der Waals surface area contributed by atoms with Crippen molar-refractivity contribution < 1.29 is 9.59 Å². The smallest absolute Gasteiger partial charge is 0.162 e. The van der Waals surface area contributed by atoms with E-state index in [1.54, 1.807) is 13.8 Å². The highest BCUT2D eigenvalue weighted by Crippen LogP contribution is 2.27. The molecule has 0 amide bonds. The van der Waals surface area contributed by atoms with Gasteiger partial charge in [0.15, 0.2) is 11.6 Å². The van der Waals surface area contributed by atoms with Crippen LogP contribution in [0.1, 0.15) is 32.8 Å². The van der Waals surface area contributed by atoms with Crippen molar-refractivity contribution in [2.24, 2.45) is 0 Å². The maximum Gasteiger partial charge on any atom is 0.162 e. The summed E-state index contributed by atoms with van der Waals surface area (Å²) in [6, 6.07) is 5.85. The van der Waals surface area contributed by atoms with Gasteiger partial charge in [-0.25, -0.2) is 0 Å². The standard InChI is InChI=1S/C22H30BrN3O2/c1-15(17(3)27)16(2)22(28)8-5-18(14-26-11-9-25(4)10-12-26)20-7-6-19(23)13-21(20)24/h5-7,13H,8-12,14,24H2,1-4H3/b16-15-,18-5-. The lowest BCUT2D eigenvalue weighted by molar-refractivity contribution is -0.116. The Kier molecular flexibility index (Phi) is 8.16. The molecule has 1 aromatic rings. The van der Waals surface area contributed by atoms with Gasteiger partial charge >= 0.3 is 0 Å². The summed E-state index contributed by atoms with van der Waals surface area (Å²) in [7, 11) is 2.13. The number of ketones is 2. The van der Waals surface area contributed by atoms with Gasteiger partial charge < -0.3 is 10.6 Å². The van der Waals surface area contributed by atoms with Crippen molar-refractivity contribution in [3.63, 3.8) is 0 Å². The average molecular weight is 448 g/mol. The second kappa shape index (κ2) is 10.1. The Labute approximate surface area is 176 Å². The van der Waals surface area contributed by atoms with Crippen LogP contribution in [0.15, 0.2) is 39.9 Å². The number of likely N-dealkylation sites (N-methyl/N-ethyl adjacent to an activating group) is 1. The fraction of sp³-hybridized carbons (Fsp3) is 0.455. The number of piperazine rings is 1. The number of nitrogens with zero attached hydrogens (tertiary/aromatic N) is 2. The van der Waals surface area contributed by atoms with Crippen molar-refractivity contribution in [3.05, 3.63) is 45.5 Å². The lowest BCUT2D eigenvalue weighted by Crippen LogP contribution is -2.44. The van der Waals surface area contributed by atoms with Crippen molar-refractivity contribution >= 4 is 38.8 Å². The van der Waals surface area contributed by atoms with Crippen LogP contribution in [0.2, 0.25) is 0 Å². The molecule has 0 unspecified atom stereocenters. The summed E-state index contributed by atoms with van der Waals surface area (Å²) in [5.41, 5.74) is 10.0. The molecule has 5 nitrogen and oxygen atoms in total. The minimum Gasteiger partial charge on any atom is -0.398 e. The summed E-state index contributed by atoms with van der Waals surface area (Å²) in [4.78, 5) is 28.8. The first-order chi connectivity index (χ1) is 13.2. The topological polar surface area (TPSA) is 66.6 Å². The molecule has 1 aliphatic rings. The number of allylic oxidation sites excluding steroid dienone is 3. The number of carbonyl (C=O) groups is 2. The van der Waals surface area contributed by atoms with E-state index in [1.807, 2.05) is 24.3 Å². The lowest BCUT2D eigenvalue weighted by atomic mass is 9.98. The van der Waals surface area contributed by atoms with E-state index in [1.165, 1.54) is 6.92 Å². The Morgan fingerprint density at radius 3 is 2.32 bits per heavy atom. The van der Waals surface area contributed by atoms with Gasteiger partial charge in [0.1, 0.15) is 0 Å². The zero-order chi connectivity index (χ0) is 20.8. The molecule has 1 aliphatic heterocycles. The fourth-order valence-electron chi connectivity index (χ4n) is 3.17. The third-order valence-corrected chi connectivity index (χ3v) is 5.89. The van der Waals surface area contributed by atoms with Crippen LogP contribution in [0, 0.1) is 0 Å². The van der Waals surface area contributed by atoms with Crippen LogP contribution in [-0.2, 0) is 9.59 Å². The van der Waals surface area contributed by atoms with Gasteiger partial charge in [-0.2, -0.15) is 0 Å². The van der Waals surface area contributed by atoms with Gasteiger partial charge in [0.05, 0.1) is 0 Å². The van der Waals surface area contributed by atoms with Crippen molar-refractivity contribution in [2.75, 3.05) is 45.5 Å². The number of anilines is 1. The van der Waals surface area contributed by atoms with Gasteiger partial charge in [-0.3, -0.25) is 14.5 Å². The summed E-state index contributed by atoms with van der Waals surface area (Å²) in [5.74, 6) is -0.0936. The number of hydrogen-bond acceptors (Lipinski definition) is 5. The molecule has 1 heterocycles. The molecular weight excluding hydrogens is 418 g/mol. The fourth-order valence-corrected chi connectivity index (χ4v) is 3.55. The Hall–Kier alpha value is -1.76. The molecule has 0 bridgehead atoms. The van der Waals surface area contributed by atoms with Gasteiger partial charge in [-0.05, 0) is 56.7 Å². The SMILES string of the molecule is CC(=O)/C(C)=C(/C)C(=O)C/C=C(/CN1CCN(C)CC1)c1ccc(Br)cc1N. The summed E-state index contributed by atoms with van der Waals surface area (Å²) in [6.07, 6.45) is 2.23. The van der Waals surface area contributed by atoms with Crippen LogP contribution in [0.25, 0.3) is 5.57 Å². The Bertz CT molecular complexity index is 806. The molecule has 0 aromatic heterocycles. The van der Waals surface area contributed by atoms with Crippen molar-refractivity contribution in [3.8, 4) is 0 Å². The molecule has 1 aromatic carbocycles. The third kappa shape index (κ3) is 6.12. The highest BCUT2D eigenvalue weighted by atomic mass is 79.9. The molecule has 0 aliphatic carbocycles.